The van der Waals surface area contributed by atoms with Gasteiger partial charge in [-0.15, -0.1) is 0 Å². The Labute approximate surface area is 221 Å². The molecule has 3 aromatic rings. The lowest BCUT2D eigenvalue weighted by Crippen LogP contribution is -2.49. The van der Waals surface area contributed by atoms with Crippen LogP contribution in [0.4, 0.5) is 0 Å². The maximum absolute atomic E-state index is 12.0. The molecular weight excluding hydrogens is 497 g/mol. The van der Waals surface area contributed by atoms with Crippen molar-refractivity contribution in [3.8, 4) is 22.8 Å². The minimum absolute atomic E-state index is 0.229. The molecule has 0 unspecified atom stereocenters. The van der Waals surface area contributed by atoms with E-state index in [1.54, 1.807) is 0 Å². The minimum atomic E-state index is -1.32. The molecule has 2 fully saturated rings. The fourth-order valence-electron chi connectivity index (χ4n) is 5.49. The molecule has 1 saturated carbocycles. The van der Waals surface area contributed by atoms with E-state index in [1.807, 2.05) is 29.2 Å². The molecule has 1 aliphatic carbocycles. The van der Waals surface area contributed by atoms with Crippen LogP contribution in [0, 0.1) is 5.41 Å². The van der Waals surface area contributed by atoms with Gasteiger partial charge in [-0.05, 0) is 84.6 Å². The van der Waals surface area contributed by atoms with Gasteiger partial charge in [0.05, 0.1) is 0 Å². The van der Waals surface area contributed by atoms with Gasteiger partial charge in [-0.2, -0.15) is 4.98 Å². The van der Waals surface area contributed by atoms with Gasteiger partial charge in [0.15, 0.2) is 0 Å². The number of hydrogen-bond donors (Lipinski definition) is 0. The first-order valence-electron chi connectivity index (χ1n) is 12.6. The number of likely N-dealkylation sites (tertiary alicyclic amines) is 1. The maximum atomic E-state index is 12.0. The van der Waals surface area contributed by atoms with E-state index in [0.29, 0.717) is 37.0 Å². The van der Waals surface area contributed by atoms with E-state index in [2.05, 4.69) is 34.4 Å². The number of piperidine rings is 1. The highest BCUT2D eigenvalue weighted by Crippen LogP contribution is 2.36. The van der Waals surface area contributed by atoms with Gasteiger partial charge in [-0.1, -0.05) is 60.8 Å². The SMILES string of the molecule is O=C(Cl)C1(C(=O)Cl)CCCN(Cc2ccc(-c3noc(-c4ccc(C5CCCCC5)cc4)n3)cc2)C1. The van der Waals surface area contributed by atoms with Crippen LogP contribution in [-0.2, 0) is 16.1 Å². The monoisotopic (exact) mass is 525 g/mol. The summed E-state index contributed by atoms with van der Waals surface area (Å²) in [5, 5.41) is 2.81. The molecule has 5 rings (SSSR count). The molecule has 6 nitrogen and oxygen atoms in total. The molecule has 1 saturated heterocycles. The Kier molecular flexibility index (Phi) is 7.56. The van der Waals surface area contributed by atoms with Crippen molar-refractivity contribution in [2.75, 3.05) is 13.1 Å². The highest BCUT2D eigenvalue weighted by molar-refractivity contribution is 6.74. The predicted octanol–water partition coefficient (Wildman–Crippen LogP) is 6.56. The summed E-state index contributed by atoms with van der Waals surface area (Å²) in [7, 11) is 0. The van der Waals surface area contributed by atoms with E-state index in [9.17, 15) is 9.59 Å². The Morgan fingerprint density at radius 2 is 1.58 bits per heavy atom. The lowest BCUT2D eigenvalue weighted by molar-refractivity contribution is -0.135. The second kappa shape index (κ2) is 10.8. The third-order valence-corrected chi connectivity index (χ3v) is 8.33. The average molecular weight is 526 g/mol. The Balaban J connectivity index is 1.24. The molecule has 2 heterocycles. The first kappa shape index (κ1) is 25.1. The largest absolute Gasteiger partial charge is 0.334 e. The molecule has 1 aliphatic heterocycles. The van der Waals surface area contributed by atoms with Crippen LogP contribution in [0.1, 0.15) is 62.0 Å². The summed E-state index contributed by atoms with van der Waals surface area (Å²) in [6.07, 6.45) is 7.60. The summed E-state index contributed by atoms with van der Waals surface area (Å²) in [5.74, 6) is 1.70. The summed E-state index contributed by atoms with van der Waals surface area (Å²) in [4.78, 5) is 30.6. The van der Waals surface area contributed by atoms with Crippen molar-refractivity contribution in [3.63, 3.8) is 0 Å². The summed E-state index contributed by atoms with van der Waals surface area (Å²) in [6, 6.07) is 16.4. The van der Waals surface area contributed by atoms with Crippen molar-refractivity contribution in [1.82, 2.24) is 15.0 Å². The zero-order valence-corrected chi connectivity index (χ0v) is 21.6. The van der Waals surface area contributed by atoms with Gasteiger partial charge < -0.3 is 4.52 Å². The molecule has 0 bridgehead atoms. The van der Waals surface area contributed by atoms with Crippen LogP contribution in [0.15, 0.2) is 53.1 Å². The van der Waals surface area contributed by atoms with E-state index < -0.39 is 15.9 Å². The van der Waals surface area contributed by atoms with Crippen molar-refractivity contribution in [1.29, 1.82) is 0 Å². The van der Waals surface area contributed by atoms with Crippen molar-refractivity contribution in [2.45, 2.75) is 57.4 Å². The van der Waals surface area contributed by atoms with E-state index in [4.69, 9.17) is 27.7 Å². The molecule has 0 amide bonds. The molecule has 0 radical (unpaired) electrons. The van der Waals surface area contributed by atoms with Crippen LogP contribution < -0.4 is 0 Å². The minimum Gasteiger partial charge on any atom is -0.334 e. The smallest absolute Gasteiger partial charge is 0.258 e. The maximum Gasteiger partial charge on any atom is 0.258 e. The summed E-state index contributed by atoms with van der Waals surface area (Å²) >= 11 is 11.5. The van der Waals surface area contributed by atoms with Crippen LogP contribution in [0.25, 0.3) is 22.8 Å². The molecule has 2 aromatic carbocycles. The first-order valence-corrected chi connectivity index (χ1v) is 13.4. The topological polar surface area (TPSA) is 76.3 Å². The van der Waals surface area contributed by atoms with Crippen LogP contribution in [-0.4, -0.2) is 38.6 Å². The Morgan fingerprint density at radius 3 is 2.25 bits per heavy atom. The number of carbonyl (C=O) groups is 2. The van der Waals surface area contributed by atoms with Crippen LogP contribution in [0.2, 0.25) is 0 Å². The molecule has 188 valence electrons. The standard InChI is InChI=1S/C28H29Cl2N3O3/c29-26(34)28(27(30)35)15-4-16-33(18-28)17-19-7-9-22(10-8-19)24-31-25(36-32-24)23-13-11-21(12-14-23)20-5-2-1-3-6-20/h7-14,20H,1-6,15-18H2. The third kappa shape index (κ3) is 5.26. The van der Waals surface area contributed by atoms with Gasteiger partial charge in [-0.25, -0.2) is 0 Å². The van der Waals surface area contributed by atoms with Crippen molar-refractivity contribution < 1.29 is 14.1 Å². The van der Waals surface area contributed by atoms with E-state index in [1.165, 1.54) is 37.7 Å². The van der Waals surface area contributed by atoms with E-state index in [-0.39, 0.29) is 6.54 Å². The predicted molar refractivity (Wildman–Crippen MR) is 140 cm³/mol. The molecular formula is C28H29Cl2N3O3. The number of benzene rings is 2. The van der Waals surface area contributed by atoms with Crippen LogP contribution >= 0.6 is 23.2 Å². The fraction of sp³-hybridized carbons (Fsp3) is 0.429. The van der Waals surface area contributed by atoms with Gasteiger partial charge in [0.1, 0.15) is 5.41 Å². The van der Waals surface area contributed by atoms with E-state index >= 15 is 0 Å². The fourth-order valence-corrected chi connectivity index (χ4v) is 6.02. The van der Waals surface area contributed by atoms with Gasteiger partial charge >= 0.3 is 0 Å². The third-order valence-electron chi connectivity index (χ3n) is 7.60. The first-order chi connectivity index (χ1) is 17.4. The number of halogens is 2. The lowest BCUT2D eigenvalue weighted by atomic mass is 9.82. The highest BCUT2D eigenvalue weighted by Gasteiger charge is 2.47. The molecule has 1 aromatic heterocycles. The lowest BCUT2D eigenvalue weighted by Gasteiger charge is -2.37. The van der Waals surface area contributed by atoms with Gasteiger partial charge in [0.25, 0.3) is 5.89 Å². The van der Waals surface area contributed by atoms with Crippen molar-refractivity contribution >= 4 is 33.7 Å². The number of hydrogen-bond acceptors (Lipinski definition) is 6. The van der Waals surface area contributed by atoms with Gasteiger partial charge in [-0.3, -0.25) is 14.5 Å². The van der Waals surface area contributed by atoms with E-state index in [0.717, 1.165) is 23.2 Å². The van der Waals surface area contributed by atoms with Gasteiger partial charge in [0, 0.05) is 24.2 Å². The number of carbonyl (C=O) groups excluding carboxylic acids is 2. The summed E-state index contributed by atoms with van der Waals surface area (Å²) < 4.78 is 5.55. The normalized spacial score (nSPS) is 18.7. The van der Waals surface area contributed by atoms with Gasteiger partial charge in [0.2, 0.25) is 16.3 Å². The number of aromatic nitrogens is 2. The van der Waals surface area contributed by atoms with Crippen molar-refractivity contribution in [2.24, 2.45) is 5.41 Å². The highest BCUT2D eigenvalue weighted by atomic mass is 35.5. The van der Waals surface area contributed by atoms with Crippen LogP contribution in [0.3, 0.4) is 0 Å². The number of rotatable bonds is 7. The zero-order valence-electron chi connectivity index (χ0n) is 20.1. The van der Waals surface area contributed by atoms with Crippen LogP contribution in [0.5, 0.6) is 0 Å². The summed E-state index contributed by atoms with van der Waals surface area (Å²) in [6.45, 7) is 1.58. The number of nitrogens with zero attached hydrogens (tertiary/aromatic N) is 3. The summed E-state index contributed by atoms with van der Waals surface area (Å²) in [5.41, 5.74) is 2.89. The molecule has 0 N–H and O–H groups in total. The molecule has 0 atom stereocenters. The Morgan fingerprint density at radius 1 is 0.917 bits per heavy atom. The Bertz CT molecular complexity index is 1200. The second-order valence-corrected chi connectivity index (χ2v) is 10.7. The molecule has 8 heteroatoms. The second-order valence-electron chi connectivity index (χ2n) is 10.0. The van der Waals surface area contributed by atoms with Crippen molar-refractivity contribution in [3.05, 3.63) is 59.7 Å². The quantitative estimate of drug-likeness (QED) is 0.256. The zero-order chi connectivity index (χ0) is 25.1. The Hall–Kier alpha value is -2.54. The average Bonchev–Trinajstić information content (AvgIpc) is 3.40. The molecule has 2 aliphatic rings. The molecule has 36 heavy (non-hydrogen) atoms. The molecule has 0 spiro atoms.